The Balaban J connectivity index is 2.06. The van der Waals surface area contributed by atoms with E-state index in [-0.39, 0.29) is 24.2 Å². The maximum Gasteiger partial charge on any atom is 0.343 e. The molecular weight excluding hydrogens is 306 g/mol. The van der Waals surface area contributed by atoms with Crippen molar-refractivity contribution < 1.29 is 17.9 Å². The highest BCUT2D eigenvalue weighted by Crippen LogP contribution is 2.28. The minimum absolute atomic E-state index is 0.0468. The van der Waals surface area contributed by atoms with Gasteiger partial charge in [-0.1, -0.05) is 0 Å². The third-order valence-corrected chi connectivity index (χ3v) is 5.42. The number of hydrogen-bond acceptors (Lipinski definition) is 5. The van der Waals surface area contributed by atoms with Crippen molar-refractivity contribution in [3.05, 3.63) is 36.3 Å². The summed E-state index contributed by atoms with van der Waals surface area (Å²) >= 11 is 0. The van der Waals surface area contributed by atoms with Gasteiger partial charge < -0.3 is 9.30 Å². The van der Waals surface area contributed by atoms with E-state index in [4.69, 9.17) is 4.74 Å². The first-order valence-electron chi connectivity index (χ1n) is 7.10. The molecule has 0 spiro atoms. The van der Waals surface area contributed by atoms with Gasteiger partial charge in [-0.25, -0.2) is 17.9 Å². The van der Waals surface area contributed by atoms with Gasteiger partial charge in [0.1, 0.15) is 11.4 Å². The summed E-state index contributed by atoms with van der Waals surface area (Å²) in [7, 11) is -3.04. The van der Waals surface area contributed by atoms with Crippen LogP contribution in [0.15, 0.2) is 30.7 Å². The monoisotopic (exact) mass is 323 g/mol. The molecule has 1 fully saturated rings. The molecule has 2 aromatic heterocycles. The van der Waals surface area contributed by atoms with Crippen molar-refractivity contribution in [3.8, 4) is 5.82 Å². The maximum atomic E-state index is 12.1. The third kappa shape index (κ3) is 2.66. The molecule has 0 aliphatic carbocycles. The minimum Gasteiger partial charge on any atom is -0.462 e. The number of ether oxygens (including phenoxy) is 1. The smallest absolute Gasteiger partial charge is 0.343 e. The zero-order chi connectivity index (χ0) is 15.7. The number of nitrogens with zero attached hydrogens (tertiary/aromatic N) is 3. The van der Waals surface area contributed by atoms with Crippen LogP contribution in [-0.4, -0.2) is 46.8 Å². The molecule has 0 N–H and O–H groups in total. The molecule has 3 rings (SSSR count). The predicted octanol–water partition coefficient (Wildman–Crippen LogP) is 1.21. The molecule has 7 nitrogen and oxygen atoms in total. The van der Waals surface area contributed by atoms with Crippen molar-refractivity contribution in [3.63, 3.8) is 0 Å². The zero-order valence-corrected chi connectivity index (χ0v) is 13.0. The highest BCUT2D eigenvalue weighted by molar-refractivity contribution is 7.91. The minimum atomic E-state index is -3.04. The Morgan fingerprint density at radius 2 is 2.14 bits per heavy atom. The largest absolute Gasteiger partial charge is 0.462 e. The van der Waals surface area contributed by atoms with Crippen molar-refractivity contribution in [2.45, 2.75) is 19.4 Å². The molecule has 0 saturated carbocycles. The summed E-state index contributed by atoms with van der Waals surface area (Å²) in [5, 5.41) is 4.25. The lowest BCUT2D eigenvalue weighted by Gasteiger charge is -2.15. The number of carbonyl (C=O) groups excluding carboxylic acids is 1. The SMILES string of the molecule is CCOC(=O)c1cnn(C2CCS(=O)(=O)C2)c1-n1cccc1. The standard InChI is InChI=1S/C14H17N3O4S/c1-2-21-14(18)12-9-15-17(11-5-8-22(19,20)10-11)13(12)16-6-3-4-7-16/h3-4,6-7,9,11H,2,5,8,10H2,1H3. The van der Waals surface area contributed by atoms with Gasteiger partial charge in [0.05, 0.1) is 30.4 Å². The van der Waals surface area contributed by atoms with Gasteiger partial charge >= 0.3 is 5.97 Å². The lowest BCUT2D eigenvalue weighted by molar-refractivity contribution is 0.0526. The van der Waals surface area contributed by atoms with Crippen molar-refractivity contribution >= 4 is 15.8 Å². The van der Waals surface area contributed by atoms with Crippen molar-refractivity contribution in [1.29, 1.82) is 0 Å². The summed E-state index contributed by atoms with van der Waals surface area (Å²) in [5.74, 6) is 0.284. The first-order chi connectivity index (χ1) is 10.5. The van der Waals surface area contributed by atoms with E-state index in [1.54, 1.807) is 28.6 Å². The molecule has 0 aromatic carbocycles. The van der Waals surface area contributed by atoms with Gasteiger partial charge in [0.2, 0.25) is 0 Å². The first kappa shape index (κ1) is 14.8. The molecule has 8 heteroatoms. The quantitative estimate of drug-likeness (QED) is 0.790. The highest BCUT2D eigenvalue weighted by atomic mass is 32.2. The molecule has 1 aliphatic rings. The van der Waals surface area contributed by atoms with Gasteiger partial charge in [0.15, 0.2) is 9.84 Å². The second-order valence-electron chi connectivity index (χ2n) is 5.19. The lowest BCUT2D eigenvalue weighted by atomic mass is 10.2. The molecule has 118 valence electrons. The van der Waals surface area contributed by atoms with Crippen LogP contribution in [0.4, 0.5) is 0 Å². The van der Waals surface area contributed by atoms with Crippen LogP contribution in [0.25, 0.3) is 5.82 Å². The fourth-order valence-electron chi connectivity index (χ4n) is 2.68. The predicted molar refractivity (Wildman–Crippen MR) is 79.8 cm³/mol. The summed E-state index contributed by atoms with van der Waals surface area (Å²) < 4.78 is 31.9. The van der Waals surface area contributed by atoms with E-state index in [1.165, 1.54) is 6.20 Å². The molecule has 1 aliphatic heterocycles. The Morgan fingerprint density at radius 1 is 1.41 bits per heavy atom. The van der Waals surface area contributed by atoms with Gasteiger partial charge in [-0.15, -0.1) is 0 Å². The lowest BCUT2D eigenvalue weighted by Crippen LogP contribution is -2.17. The second-order valence-corrected chi connectivity index (χ2v) is 7.42. The van der Waals surface area contributed by atoms with Gasteiger partial charge in [0, 0.05) is 12.4 Å². The number of rotatable bonds is 4. The molecule has 0 bridgehead atoms. The van der Waals surface area contributed by atoms with Crippen LogP contribution in [0, 0.1) is 0 Å². The van der Waals surface area contributed by atoms with E-state index >= 15 is 0 Å². The Kier molecular flexibility index (Phi) is 3.78. The molecule has 1 saturated heterocycles. The average Bonchev–Trinajstić information content (AvgIpc) is 3.15. The van der Waals surface area contributed by atoms with E-state index in [1.807, 2.05) is 12.1 Å². The van der Waals surface area contributed by atoms with Gasteiger partial charge in [-0.3, -0.25) is 0 Å². The van der Waals surface area contributed by atoms with E-state index in [9.17, 15) is 13.2 Å². The van der Waals surface area contributed by atoms with E-state index in [0.717, 1.165) is 0 Å². The molecule has 1 unspecified atom stereocenters. The van der Waals surface area contributed by atoms with Crippen LogP contribution in [0.1, 0.15) is 29.7 Å². The van der Waals surface area contributed by atoms with Crippen LogP contribution >= 0.6 is 0 Å². The average molecular weight is 323 g/mol. The first-order valence-corrected chi connectivity index (χ1v) is 8.92. The molecule has 2 aromatic rings. The summed E-state index contributed by atoms with van der Waals surface area (Å²) in [6, 6.07) is 3.40. The Bertz CT molecular complexity index is 777. The van der Waals surface area contributed by atoms with Crippen molar-refractivity contribution in [2.75, 3.05) is 18.1 Å². The van der Waals surface area contributed by atoms with Crippen LogP contribution < -0.4 is 0 Å². The zero-order valence-electron chi connectivity index (χ0n) is 12.2. The number of sulfone groups is 1. The Morgan fingerprint density at radius 3 is 2.73 bits per heavy atom. The van der Waals surface area contributed by atoms with Crippen molar-refractivity contribution in [2.24, 2.45) is 0 Å². The number of aromatic nitrogens is 3. The topological polar surface area (TPSA) is 83.2 Å². The van der Waals surface area contributed by atoms with Gasteiger partial charge in [0.25, 0.3) is 0 Å². The summed E-state index contributed by atoms with van der Waals surface area (Å²) in [6.07, 6.45) is 5.53. The fourth-order valence-corrected chi connectivity index (χ4v) is 4.37. The molecule has 0 radical (unpaired) electrons. The van der Waals surface area contributed by atoms with Crippen molar-refractivity contribution in [1.82, 2.24) is 14.3 Å². The Hall–Kier alpha value is -2.09. The third-order valence-electron chi connectivity index (χ3n) is 3.67. The van der Waals surface area contributed by atoms with Gasteiger partial charge in [-0.2, -0.15) is 5.10 Å². The second kappa shape index (κ2) is 5.60. The molecule has 0 amide bonds. The highest BCUT2D eigenvalue weighted by Gasteiger charge is 2.33. The van der Waals surface area contributed by atoms with E-state index in [2.05, 4.69) is 5.10 Å². The molecule has 22 heavy (non-hydrogen) atoms. The van der Waals surface area contributed by atoms with Crippen LogP contribution in [0.3, 0.4) is 0 Å². The molecule has 3 heterocycles. The van der Waals surface area contributed by atoms with Crippen LogP contribution in [-0.2, 0) is 14.6 Å². The summed E-state index contributed by atoms with van der Waals surface area (Å²) in [5.41, 5.74) is 0.336. The fraction of sp³-hybridized carbons (Fsp3) is 0.429. The Labute approximate surface area is 128 Å². The summed E-state index contributed by atoms with van der Waals surface area (Å²) in [4.78, 5) is 12.1. The maximum absolute atomic E-state index is 12.1. The molecule has 1 atom stereocenters. The normalized spacial score (nSPS) is 20.1. The van der Waals surface area contributed by atoms with Crippen LogP contribution in [0.5, 0.6) is 0 Å². The van der Waals surface area contributed by atoms with E-state index < -0.39 is 15.8 Å². The molecular formula is C14H17N3O4S. The number of carbonyl (C=O) groups is 1. The summed E-state index contributed by atoms with van der Waals surface area (Å²) in [6.45, 7) is 2.01. The number of hydrogen-bond donors (Lipinski definition) is 0. The van der Waals surface area contributed by atoms with Gasteiger partial charge in [-0.05, 0) is 25.5 Å². The van der Waals surface area contributed by atoms with E-state index in [0.29, 0.717) is 17.8 Å². The van der Waals surface area contributed by atoms with Crippen LogP contribution in [0.2, 0.25) is 0 Å². The number of esters is 1.